The maximum Gasteiger partial charge on any atom is 0.104 e. The Hall–Kier alpha value is -0.0800. The summed E-state index contributed by atoms with van der Waals surface area (Å²) in [5, 5.41) is 0. The van der Waals surface area contributed by atoms with Crippen LogP contribution in [0.3, 0.4) is 0 Å². The first-order valence-electron chi connectivity index (χ1n) is 4.48. The molecule has 1 rings (SSSR count). The Bertz CT molecular complexity index is 93.7. The molecule has 1 fully saturated rings. The number of hydrogen-bond acceptors (Lipinski definition) is 2. The number of epoxide rings is 1. The van der Waals surface area contributed by atoms with Crippen molar-refractivity contribution in [2.75, 3.05) is 19.8 Å². The molecular weight excluding hydrogens is 140 g/mol. The molecule has 0 radical (unpaired) electrons. The zero-order chi connectivity index (χ0) is 8.10. The molecule has 1 heterocycles. The van der Waals surface area contributed by atoms with Crippen LogP contribution in [-0.4, -0.2) is 25.9 Å². The molecule has 1 aliphatic rings. The summed E-state index contributed by atoms with van der Waals surface area (Å²) in [5.41, 5.74) is 0. The minimum absolute atomic E-state index is 0.425. The molecule has 11 heavy (non-hydrogen) atoms. The first kappa shape index (κ1) is 9.01. The van der Waals surface area contributed by atoms with Crippen molar-refractivity contribution in [2.45, 2.75) is 32.8 Å². The monoisotopic (exact) mass is 158 g/mol. The smallest absolute Gasteiger partial charge is 0.104 e. The molecule has 66 valence electrons. The molecule has 0 aromatic rings. The molecule has 0 aromatic carbocycles. The SMILES string of the molecule is CC(C)CCCOCC1CO1. The van der Waals surface area contributed by atoms with E-state index in [1.54, 1.807) is 0 Å². The summed E-state index contributed by atoms with van der Waals surface area (Å²) in [5.74, 6) is 0.802. The van der Waals surface area contributed by atoms with E-state index in [1.165, 1.54) is 12.8 Å². The second-order valence-electron chi connectivity index (χ2n) is 3.57. The molecule has 0 N–H and O–H groups in total. The van der Waals surface area contributed by atoms with Gasteiger partial charge in [0.1, 0.15) is 6.10 Å². The summed E-state index contributed by atoms with van der Waals surface area (Å²) in [6.07, 6.45) is 2.88. The fourth-order valence-electron chi connectivity index (χ4n) is 0.973. The zero-order valence-corrected chi connectivity index (χ0v) is 7.51. The van der Waals surface area contributed by atoms with Crippen LogP contribution in [0.25, 0.3) is 0 Å². The van der Waals surface area contributed by atoms with Crippen LogP contribution in [0.1, 0.15) is 26.7 Å². The van der Waals surface area contributed by atoms with Gasteiger partial charge in [0.15, 0.2) is 0 Å². The van der Waals surface area contributed by atoms with E-state index in [1.807, 2.05) is 0 Å². The van der Waals surface area contributed by atoms with Gasteiger partial charge in [-0.25, -0.2) is 0 Å². The van der Waals surface area contributed by atoms with Crippen molar-refractivity contribution in [2.24, 2.45) is 5.92 Å². The van der Waals surface area contributed by atoms with Gasteiger partial charge in [0.25, 0.3) is 0 Å². The minimum atomic E-state index is 0.425. The highest BCUT2D eigenvalue weighted by molar-refractivity contribution is 4.66. The summed E-state index contributed by atoms with van der Waals surface area (Å²) >= 11 is 0. The van der Waals surface area contributed by atoms with Gasteiger partial charge in [0.05, 0.1) is 13.2 Å². The normalized spacial score (nSPS) is 22.6. The lowest BCUT2D eigenvalue weighted by atomic mass is 10.1. The van der Waals surface area contributed by atoms with E-state index in [4.69, 9.17) is 9.47 Å². The highest BCUT2D eigenvalue weighted by Gasteiger charge is 2.21. The van der Waals surface area contributed by atoms with Crippen LogP contribution in [-0.2, 0) is 9.47 Å². The fourth-order valence-corrected chi connectivity index (χ4v) is 0.973. The van der Waals surface area contributed by atoms with E-state index >= 15 is 0 Å². The topological polar surface area (TPSA) is 21.8 Å². The van der Waals surface area contributed by atoms with Gasteiger partial charge in [-0.05, 0) is 18.8 Å². The lowest BCUT2D eigenvalue weighted by molar-refractivity contribution is 0.111. The maximum atomic E-state index is 5.38. The van der Waals surface area contributed by atoms with Crippen molar-refractivity contribution in [1.29, 1.82) is 0 Å². The van der Waals surface area contributed by atoms with Crippen LogP contribution in [0.4, 0.5) is 0 Å². The third-order valence-electron chi connectivity index (χ3n) is 1.78. The Balaban J connectivity index is 1.73. The summed E-state index contributed by atoms with van der Waals surface area (Å²) in [6.45, 7) is 7.09. The molecule has 0 aliphatic carbocycles. The molecule has 1 atom stereocenters. The Kier molecular flexibility index (Phi) is 3.87. The molecule has 0 spiro atoms. The van der Waals surface area contributed by atoms with E-state index in [9.17, 15) is 0 Å². The van der Waals surface area contributed by atoms with Crippen LogP contribution in [0, 0.1) is 5.92 Å². The number of hydrogen-bond donors (Lipinski definition) is 0. The van der Waals surface area contributed by atoms with E-state index in [0.29, 0.717) is 6.10 Å². The van der Waals surface area contributed by atoms with Crippen molar-refractivity contribution in [1.82, 2.24) is 0 Å². The molecule has 0 bridgehead atoms. The van der Waals surface area contributed by atoms with Gasteiger partial charge in [-0.15, -0.1) is 0 Å². The number of ether oxygens (including phenoxy) is 2. The van der Waals surface area contributed by atoms with Crippen LogP contribution >= 0.6 is 0 Å². The van der Waals surface area contributed by atoms with Crippen LogP contribution in [0.2, 0.25) is 0 Å². The van der Waals surface area contributed by atoms with Gasteiger partial charge < -0.3 is 9.47 Å². The van der Waals surface area contributed by atoms with Gasteiger partial charge >= 0.3 is 0 Å². The second kappa shape index (κ2) is 4.73. The molecule has 1 saturated heterocycles. The van der Waals surface area contributed by atoms with Gasteiger partial charge in [-0.2, -0.15) is 0 Å². The molecule has 1 unspecified atom stereocenters. The third-order valence-corrected chi connectivity index (χ3v) is 1.78. The minimum Gasteiger partial charge on any atom is -0.379 e. The number of rotatable bonds is 6. The second-order valence-corrected chi connectivity index (χ2v) is 3.57. The van der Waals surface area contributed by atoms with E-state index in [2.05, 4.69) is 13.8 Å². The Labute approximate surface area is 68.9 Å². The predicted octanol–water partition coefficient (Wildman–Crippen LogP) is 1.84. The van der Waals surface area contributed by atoms with E-state index < -0.39 is 0 Å². The highest BCUT2D eigenvalue weighted by atomic mass is 16.6. The van der Waals surface area contributed by atoms with Crippen LogP contribution in [0.5, 0.6) is 0 Å². The Morgan fingerprint density at radius 2 is 2.27 bits per heavy atom. The van der Waals surface area contributed by atoms with Gasteiger partial charge in [0.2, 0.25) is 0 Å². The van der Waals surface area contributed by atoms with Crippen molar-refractivity contribution in [3.05, 3.63) is 0 Å². The average molecular weight is 158 g/mol. The molecule has 0 aromatic heterocycles. The van der Waals surface area contributed by atoms with Crippen molar-refractivity contribution in [3.8, 4) is 0 Å². The lowest BCUT2D eigenvalue weighted by Crippen LogP contribution is -2.03. The fraction of sp³-hybridized carbons (Fsp3) is 1.00. The Morgan fingerprint density at radius 1 is 1.55 bits per heavy atom. The standard InChI is InChI=1S/C9H18O2/c1-8(2)4-3-5-10-6-9-7-11-9/h8-9H,3-7H2,1-2H3. The summed E-state index contributed by atoms with van der Waals surface area (Å²) in [4.78, 5) is 0. The van der Waals surface area contributed by atoms with Crippen LogP contribution in [0.15, 0.2) is 0 Å². The maximum absolute atomic E-state index is 5.38. The third kappa shape index (κ3) is 5.22. The molecular formula is C9H18O2. The van der Waals surface area contributed by atoms with Gasteiger partial charge in [0, 0.05) is 6.61 Å². The quantitative estimate of drug-likeness (QED) is 0.434. The van der Waals surface area contributed by atoms with E-state index in [-0.39, 0.29) is 0 Å². The molecule has 1 aliphatic heterocycles. The first-order valence-corrected chi connectivity index (χ1v) is 4.48. The predicted molar refractivity (Wildman–Crippen MR) is 44.6 cm³/mol. The lowest BCUT2D eigenvalue weighted by Gasteiger charge is -2.04. The average Bonchev–Trinajstić information content (AvgIpc) is 2.70. The summed E-state index contributed by atoms with van der Waals surface area (Å²) in [7, 11) is 0. The van der Waals surface area contributed by atoms with Gasteiger partial charge in [-0.1, -0.05) is 13.8 Å². The highest BCUT2D eigenvalue weighted by Crippen LogP contribution is 2.09. The van der Waals surface area contributed by atoms with Gasteiger partial charge in [-0.3, -0.25) is 0 Å². The molecule has 2 nitrogen and oxygen atoms in total. The van der Waals surface area contributed by atoms with Crippen molar-refractivity contribution in [3.63, 3.8) is 0 Å². The molecule has 2 heteroatoms. The summed E-state index contributed by atoms with van der Waals surface area (Å²) < 4.78 is 10.4. The Morgan fingerprint density at radius 3 is 2.82 bits per heavy atom. The first-order chi connectivity index (χ1) is 5.29. The van der Waals surface area contributed by atoms with Crippen molar-refractivity contribution < 1.29 is 9.47 Å². The zero-order valence-electron chi connectivity index (χ0n) is 7.51. The van der Waals surface area contributed by atoms with E-state index in [0.717, 1.165) is 25.7 Å². The van der Waals surface area contributed by atoms with Crippen molar-refractivity contribution >= 4 is 0 Å². The molecule has 0 saturated carbocycles. The largest absolute Gasteiger partial charge is 0.379 e. The van der Waals surface area contributed by atoms with Crippen LogP contribution < -0.4 is 0 Å². The summed E-state index contributed by atoms with van der Waals surface area (Å²) in [6, 6.07) is 0. The molecule has 0 amide bonds.